The number of halogens is 1. The molecule has 1 aromatic rings. The Balaban J connectivity index is 2.14. The van der Waals surface area contributed by atoms with Gasteiger partial charge in [0.15, 0.2) is 16.7 Å². The van der Waals surface area contributed by atoms with E-state index in [1.165, 1.54) is 11.8 Å². The van der Waals surface area contributed by atoms with Crippen molar-refractivity contribution in [2.45, 2.75) is 13.3 Å². The summed E-state index contributed by atoms with van der Waals surface area (Å²) in [5, 5.41) is 11.1. The van der Waals surface area contributed by atoms with Crippen molar-refractivity contribution < 1.29 is 14.3 Å². The Bertz CT molecular complexity index is 620. The van der Waals surface area contributed by atoms with Crippen LogP contribution in [-0.2, 0) is 4.79 Å². The average Bonchev–Trinajstić information content (AvgIpc) is 2.91. The standard InChI is InChI=1S/C14H16BrN3O3S/c1-3-4-21-13-10(15)5-9(6-11(13)20-2)7-16-18-14-17-12(19)8-22-14/h5-7H,3-4,8H2,1-2H3,(H,17,18,19). The second kappa shape index (κ2) is 8.19. The molecule has 1 amide bonds. The SMILES string of the molecule is CCCOc1c(Br)cc(C=NN=C2NC(=O)CS2)cc1OC. The van der Waals surface area contributed by atoms with Gasteiger partial charge >= 0.3 is 0 Å². The van der Waals surface area contributed by atoms with Gasteiger partial charge in [-0.1, -0.05) is 18.7 Å². The minimum absolute atomic E-state index is 0.0548. The van der Waals surface area contributed by atoms with Crippen LogP contribution in [0.4, 0.5) is 0 Å². The molecule has 0 unspecified atom stereocenters. The first-order chi connectivity index (χ1) is 10.6. The summed E-state index contributed by atoms with van der Waals surface area (Å²) >= 11 is 4.80. The van der Waals surface area contributed by atoms with Crippen LogP contribution in [0.15, 0.2) is 26.8 Å². The van der Waals surface area contributed by atoms with E-state index < -0.39 is 0 Å². The van der Waals surface area contributed by atoms with Crippen molar-refractivity contribution in [3.8, 4) is 11.5 Å². The zero-order chi connectivity index (χ0) is 15.9. The van der Waals surface area contributed by atoms with E-state index in [0.29, 0.717) is 29.0 Å². The molecule has 8 heteroatoms. The molecule has 0 radical (unpaired) electrons. The Morgan fingerprint density at radius 3 is 2.95 bits per heavy atom. The number of carbonyl (C=O) groups excluding carboxylic acids is 1. The maximum atomic E-state index is 11.0. The second-order valence-corrected chi connectivity index (χ2v) is 6.19. The minimum atomic E-state index is -0.0548. The van der Waals surface area contributed by atoms with Gasteiger partial charge in [0.25, 0.3) is 0 Å². The Morgan fingerprint density at radius 2 is 2.32 bits per heavy atom. The van der Waals surface area contributed by atoms with Gasteiger partial charge < -0.3 is 14.8 Å². The van der Waals surface area contributed by atoms with Crippen LogP contribution in [-0.4, -0.2) is 36.8 Å². The Labute approximate surface area is 141 Å². The zero-order valence-corrected chi connectivity index (χ0v) is 14.7. The first kappa shape index (κ1) is 16.8. The van der Waals surface area contributed by atoms with Gasteiger partial charge in [0.1, 0.15) is 0 Å². The van der Waals surface area contributed by atoms with E-state index >= 15 is 0 Å². The molecule has 1 N–H and O–H groups in total. The van der Waals surface area contributed by atoms with Gasteiger partial charge in [-0.3, -0.25) is 4.79 Å². The fourth-order valence-corrected chi connectivity index (χ4v) is 2.89. The molecular formula is C14H16BrN3O3S. The van der Waals surface area contributed by atoms with Crippen molar-refractivity contribution in [3.63, 3.8) is 0 Å². The first-order valence-electron chi connectivity index (χ1n) is 6.68. The number of thioether (sulfide) groups is 1. The highest BCUT2D eigenvalue weighted by molar-refractivity contribution is 9.10. The van der Waals surface area contributed by atoms with Gasteiger partial charge in [0.05, 0.1) is 30.2 Å². The number of ether oxygens (including phenoxy) is 2. The van der Waals surface area contributed by atoms with Crippen LogP contribution in [0, 0.1) is 0 Å². The van der Waals surface area contributed by atoms with Gasteiger partial charge in [-0.05, 0) is 40.0 Å². The van der Waals surface area contributed by atoms with E-state index in [-0.39, 0.29) is 5.91 Å². The Morgan fingerprint density at radius 1 is 1.50 bits per heavy atom. The summed E-state index contributed by atoms with van der Waals surface area (Å²) < 4.78 is 11.8. The molecule has 2 rings (SSSR count). The fraction of sp³-hybridized carbons (Fsp3) is 0.357. The topological polar surface area (TPSA) is 72.3 Å². The fourth-order valence-electron chi connectivity index (χ4n) is 1.69. The lowest BCUT2D eigenvalue weighted by atomic mass is 10.2. The molecule has 0 atom stereocenters. The van der Waals surface area contributed by atoms with E-state index in [0.717, 1.165) is 16.5 Å². The zero-order valence-electron chi connectivity index (χ0n) is 12.3. The predicted molar refractivity (Wildman–Crippen MR) is 92.1 cm³/mol. The van der Waals surface area contributed by atoms with E-state index in [1.54, 1.807) is 13.3 Å². The van der Waals surface area contributed by atoms with E-state index in [2.05, 4.69) is 31.4 Å². The lowest BCUT2D eigenvalue weighted by Gasteiger charge is -2.12. The van der Waals surface area contributed by atoms with Gasteiger partial charge in [0.2, 0.25) is 5.91 Å². The molecule has 0 aliphatic carbocycles. The number of rotatable bonds is 6. The molecule has 1 aliphatic heterocycles. The van der Waals surface area contributed by atoms with Crippen molar-refractivity contribution in [2.24, 2.45) is 10.2 Å². The number of nitrogens with one attached hydrogen (secondary N) is 1. The number of carbonyl (C=O) groups is 1. The van der Waals surface area contributed by atoms with Crippen molar-refractivity contribution in [2.75, 3.05) is 19.5 Å². The summed E-state index contributed by atoms with van der Waals surface area (Å²) in [6.07, 6.45) is 2.51. The molecule has 1 saturated heterocycles. The van der Waals surface area contributed by atoms with Crippen LogP contribution in [0.5, 0.6) is 11.5 Å². The molecule has 1 heterocycles. The van der Waals surface area contributed by atoms with E-state index in [9.17, 15) is 4.79 Å². The van der Waals surface area contributed by atoms with Crippen LogP contribution < -0.4 is 14.8 Å². The molecule has 0 saturated carbocycles. The lowest BCUT2D eigenvalue weighted by Crippen LogP contribution is -2.19. The van der Waals surface area contributed by atoms with Crippen LogP contribution in [0.1, 0.15) is 18.9 Å². The molecule has 22 heavy (non-hydrogen) atoms. The monoisotopic (exact) mass is 385 g/mol. The minimum Gasteiger partial charge on any atom is -0.493 e. The number of hydrogen-bond acceptors (Lipinski definition) is 6. The summed E-state index contributed by atoms with van der Waals surface area (Å²) in [5.74, 6) is 1.63. The lowest BCUT2D eigenvalue weighted by molar-refractivity contribution is -0.116. The Hall–Kier alpha value is -1.54. The summed E-state index contributed by atoms with van der Waals surface area (Å²) in [5.41, 5.74) is 0.811. The normalized spacial score (nSPS) is 16.3. The van der Waals surface area contributed by atoms with Crippen LogP contribution in [0.25, 0.3) is 0 Å². The molecule has 0 bridgehead atoms. The molecular weight excluding hydrogens is 370 g/mol. The van der Waals surface area contributed by atoms with Gasteiger partial charge in [-0.15, -0.1) is 5.10 Å². The van der Waals surface area contributed by atoms with Gasteiger partial charge in [-0.25, -0.2) is 0 Å². The van der Waals surface area contributed by atoms with Crippen LogP contribution >= 0.6 is 27.7 Å². The van der Waals surface area contributed by atoms with Crippen molar-refractivity contribution >= 4 is 45.0 Å². The Kier molecular flexibility index (Phi) is 6.26. The van der Waals surface area contributed by atoms with Gasteiger partial charge in [-0.2, -0.15) is 5.10 Å². The number of benzene rings is 1. The number of hydrogen-bond donors (Lipinski definition) is 1. The van der Waals surface area contributed by atoms with E-state index in [1.807, 2.05) is 19.1 Å². The van der Waals surface area contributed by atoms with E-state index in [4.69, 9.17) is 9.47 Å². The molecule has 1 aromatic carbocycles. The quantitative estimate of drug-likeness (QED) is 0.603. The van der Waals surface area contributed by atoms with Crippen molar-refractivity contribution in [1.29, 1.82) is 0 Å². The first-order valence-corrected chi connectivity index (χ1v) is 8.46. The largest absolute Gasteiger partial charge is 0.493 e. The molecule has 118 valence electrons. The maximum Gasteiger partial charge on any atom is 0.236 e. The van der Waals surface area contributed by atoms with Crippen LogP contribution in [0.3, 0.4) is 0 Å². The molecule has 0 spiro atoms. The van der Waals surface area contributed by atoms with Crippen molar-refractivity contribution in [3.05, 3.63) is 22.2 Å². The molecule has 6 nitrogen and oxygen atoms in total. The highest BCUT2D eigenvalue weighted by atomic mass is 79.9. The maximum absolute atomic E-state index is 11.0. The van der Waals surface area contributed by atoms with Gasteiger partial charge in [0, 0.05) is 0 Å². The number of amides is 1. The second-order valence-electron chi connectivity index (χ2n) is 4.37. The highest BCUT2D eigenvalue weighted by Crippen LogP contribution is 2.36. The average molecular weight is 386 g/mol. The highest BCUT2D eigenvalue weighted by Gasteiger charge is 2.16. The third kappa shape index (κ3) is 4.48. The summed E-state index contributed by atoms with van der Waals surface area (Å²) in [7, 11) is 1.59. The molecule has 1 aliphatic rings. The smallest absolute Gasteiger partial charge is 0.236 e. The third-order valence-electron chi connectivity index (χ3n) is 2.64. The summed E-state index contributed by atoms with van der Waals surface area (Å²) in [4.78, 5) is 11.0. The number of methoxy groups -OCH3 is 1. The number of amidine groups is 1. The predicted octanol–water partition coefficient (Wildman–Crippen LogP) is 2.80. The molecule has 0 aromatic heterocycles. The molecule has 1 fully saturated rings. The van der Waals surface area contributed by atoms with Crippen molar-refractivity contribution in [1.82, 2.24) is 5.32 Å². The summed E-state index contributed by atoms with van der Waals surface area (Å²) in [6, 6.07) is 3.69. The summed E-state index contributed by atoms with van der Waals surface area (Å²) in [6.45, 7) is 2.66. The van der Waals surface area contributed by atoms with Crippen LogP contribution in [0.2, 0.25) is 0 Å². The third-order valence-corrected chi connectivity index (χ3v) is 4.10. The number of nitrogens with zero attached hydrogens (tertiary/aromatic N) is 2.